The second-order valence-corrected chi connectivity index (χ2v) is 5.50. The molecule has 0 unspecified atom stereocenters. The van der Waals surface area contributed by atoms with E-state index in [0.717, 1.165) is 0 Å². The van der Waals surface area contributed by atoms with Crippen LogP contribution in [-0.4, -0.2) is 25.1 Å². The number of carbonyl (C=O) groups excluding carboxylic acids is 1. The molecule has 0 aliphatic heterocycles. The monoisotopic (exact) mass is 365 g/mol. The third kappa shape index (κ3) is 4.19. The molecule has 0 saturated heterocycles. The summed E-state index contributed by atoms with van der Waals surface area (Å²) < 4.78 is 15.6. The zero-order valence-corrected chi connectivity index (χ0v) is 14.6. The van der Waals surface area contributed by atoms with Gasteiger partial charge in [0, 0.05) is 12.1 Å². The van der Waals surface area contributed by atoms with Crippen LogP contribution in [-0.2, 0) is 4.74 Å². The average molecular weight is 366 g/mol. The number of halogens is 1. The Bertz CT molecular complexity index is 808. The molecule has 1 atom stereocenters. The highest BCUT2D eigenvalue weighted by atomic mass is 35.5. The smallest absolute Gasteiger partial charge is 0.338 e. The average Bonchev–Trinajstić information content (AvgIpc) is 2.60. The largest absolute Gasteiger partial charge is 0.493 e. The van der Waals surface area contributed by atoms with E-state index in [4.69, 9.17) is 25.8 Å². The van der Waals surface area contributed by atoms with Crippen LogP contribution in [0.15, 0.2) is 36.4 Å². The zero-order valence-electron chi connectivity index (χ0n) is 13.8. The maximum atomic E-state index is 12.4. The summed E-state index contributed by atoms with van der Waals surface area (Å²) in [5, 5.41) is 11.1. The lowest BCUT2D eigenvalue weighted by Crippen LogP contribution is -2.10. The summed E-state index contributed by atoms with van der Waals surface area (Å²) >= 11 is 6.08. The van der Waals surface area contributed by atoms with E-state index >= 15 is 0 Å². The van der Waals surface area contributed by atoms with Crippen molar-refractivity contribution in [2.75, 3.05) is 14.2 Å². The molecule has 0 aromatic heterocycles. The van der Waals surface area contributed by atoms with Gasteiger partial charge in [-0.25, -0.2) is 4.79 Å². The molecular weight excluding hydrogens is 350 g/mol. The Hall–Kier alpha value is -2.80. The van der Waals surface area contributed by atoms with Gasteiger partial charge < -0.3 is 14.2 Å². The lowest BCUT2D eigenvalue weighted by Gasteiger charge is -2.15. The molecule has 7 nitrogen and oxygen atoms in total. The van der Waals surface area contributed by atoms with Gasteiger partial charge in [-0.05, 0) is 24.6 Å². The predicted molar refractivity (Wildman–Crippen MR) is 91.5 cm³/mol. The minimum absolute atomic E-state index is 0.0745. The summed E-state index contributed by atoms with van der Waals surface area (Å²) in [5.41, 5.74) is 0.614. The molecule has 0 spiro atoms. The van der Waals surface area contributed by atoms with Crippen LogP contribution >= 0.6 is 11.6 Å². The zero-order chi connectivity index (χ0) is 18.6. The van der Waals surface area contributed by atoms with Crippen LogP contribution in [0.5, 0.6) is 11.5 Å². The van der Waals surface area contributed by atoms with Crippen LogP contribution in [0.4, 0.5) is 5.69 Å². The normalized spacial score (nSPS) is 11.5. The van der Waals surface area contributed by atoms with E-state index in [2.05, 4.69) is 0 Å². The fraction of sp³-hybridized carbons (Fsp3) is 0.235. The first-order valence-electron chi connectivity index (χ1n) is 7.24. The number of carbonyl (C=O) groups is 1. The topological polar surface area (TPSA) is 87.9 Å². The van der Waals surface area contributed by atoms with Crippen molar-refractivity contribution in [1.82, 2.24) is 0 Å². The van der Waals surface area contributed by atoms with Gasteiger partial charge in [0.15, 0.2) is 11.5 Å². The number of nitrogens with zero attached hydrogens (tertiary/aromatic N) is 1. The Balaban J connectivity index is 2.23. The van der Waals surface area contributed by atoms with Gasteiger partial charge in [0.2, 0.25) is 0 Å². The SMILES string of the molecule is COc1cc(C(=O)O[C@@H](C)c2cccc([N+](=O)[O-])c2)cc(Cl)c1OC. The van der Waals surface area contributed by atoms with Crippen LogP contribution in [0.1, 0.15) is 28.9 Å². The Morgan fingerprint density at radius 2 is 1.92 bits per heavy atom. The van der Waals surface area contributed by atoms with Crippen molar-refractivity contribution in [1.29, 1.82) is 0 Å². The van der Waals surface area contributed by atoms with Gasteiger partial charge in [-0.1, -0.05) is 23.7 Å². The number of hydrogen-bond acceptors (Lipinski definition) is 6. The highest BCUT2D eigenvalue weighted by Crippen LogP contribution is 2.36. The summed E-state index contributed by atoms with van der Waals surface area (Å²) in [6.45, 7) is 1.62. The number of non-ortho nitro benzene ring substituents is 1. The Morgan fingerprint density at radius 3 is 2.52 bits per heavy atom. The molecule has 25 heavy (non-hydrogen) atoms. The molecule has 0 saturated carbocycles. The maximum absolute atomic E-state index is 12.4. The predicted octanol–water partition coefficient (Wildman–Crippen LogP) is 4.18. The standard InChI is InChI=1S/C17H16ClNO6/c1-10(11-5-4-6-13(7-11)19(21)22)25-17(20)12-8-14(18)16(24-3)15(9-12)23-2/h4-10H,1-3H3/t10-/m0/s1. The van der Waals surface area contributed by atoms with Crippen molar-refractivity contribution in [3.8, 4) is 11.5 Å². The third-order valence-corrected chi connectivity index (χ3v) is 3.78. The summed E-state index contributed by atoms with van der Waals surface area (Å²) in [7, 11) is 2.86. The Morgan fingerprint density at radius 1 is 1.20 bits per heavy atom. The molecule has 2 aromatic carbocycles. The Kier molecular flexibility index (Phi) is 5.82. The van der Waals surface area contributed by atoms with E-state index in [1.54, 1.807) is 13.0 Å². The molecule has 0 fully saturated rings. The highest BCUT2D eigenvalue weighted by molar-refractivity contribution is 6.32. The van der Waals surface area contributed by atoms with Gasteiger partial charge in [-0.2, -0.15) is 0 Å². The molecule has 2 rings (SSSR count). The molecule has 132 valence electrons. The van der Waals surface area contributed by atoms with Crippen LogP contribution in [0.3, 0.4) is 0 Å². The number of hydrogen-bond donors (Lipinski definition) is 0. The molecule has 0 aliphatic carbocycles. The summed E-state index contributed by atoms with van der Waals surface area (Å²) in [6, 6.07) is 8.77. The number of nitro groups is 1. The maximum Gasteiger partial charge on any atom is 0.338 e. The van der Waals surface area contributed by atoms with Gasteiger partial charge in [0.05, 0.1) is 29.7 Å². The van der Waals surface area contributed by atoms with Crippen LogP contribution in [0.2, 0.25) is 5.02 Å². The first-order chi connectivity index (χ1) is 11.9. The first-order valence-corrected chi connectivity index (χ1v) is 7.62. The van der Waals surface area contributed by atoms with Crippen molar-refractivity contribution in [3.63, 3.8) is 0 Å². The van der Waals surface area contributed by atoms with Crippen molar-refractivity contribution in [3.05, 3.63) is 62.7 Å². The number of rotatable bonds is 6. The van der Waals surface area contributed by atoms with Crippen molar-refractivity contribution >= 4 is 23.3 Å². The van der Waals surface area contributed by atoms with Gasteiger partial charge in [0.25, 0.3) is 5.69 Å². The molecule has 0 aliphatic rings. The van der Waals surface area contributed by atoms with Gasteiger partial charge in [0.1, 0.15) is 6.10 Å². The number of benzene rings is 2. The molecule has 2 aromatic rings. The molecule has 0 amide bonds. The number of methoxy groups -OCH3 is 2. The van der Waals surface area contributed by atoms with E-state index in [1.165, 1.54) is 44.6 Å². The third-order valence-electron chi connectivity index (χ3n) is 3.50. The lowest BCUT2D eigenvalue weighted by molar-refractivity contribution is -0.385. The van der Waals surface area contributed by atoms with E-state index < -0.39 is 17.0 Å². The highest BCUT2D eigenvalue weighted by Gasteiger charge is 2.19. The van der Waals surface area contributed by atoms with Gasteiger partial charge in [-0.15, -0.1) is 0 Å². The minimum Gasteiger partial charge on any atom is -0.493 e. The van der Waals surface area contributed by atoms with Crippen LogP contribution in [0, 0.1) is 10.1 Å². The van der Waals surface area contributed by atoms with Gasteiger partial charge in [-0.3, -0.25) is 10.1 Å². The van der Waals surface area contributed by atoms with E-state index in [1.807, 2.05) is 0 Å². The second kappa shape index (κ2) is 7.85. The number of nitro benzene ring substituents is 1. The van der Waals surface area contributed by atoms with Crippen LogP contribution < -0.4 is 9.47 Å². The van der Waals surface area contributed by atoms with Crippen LogP contribution in [0.25, 0.3) is 0 Å². The second-order valence-electron chi connectivity index (χ2n) is 5.09. The first kappa shape index (κ1) is 18.5. The molecule has 0 radical (unpaired) electrons. The van der Waals surface area contributed by atoms with Crippen molar-refractivity contribution in [2.24, 2.45) is 0 Å². The molecule has 8 heteroatoms. The lowest BCUT2D eigenvalue weighted by atomic mass is 10.1. The molecule has 0 heterocycles. The van der Waals surface area contributed by atoms with E-state index in [-0.39, 0.29) is 16.3 Å². The number of ether oxygens (including phenoxy) is 3. The molecule has 0 bridgehead atoms. The summed E-state index contributed by atoms with van der Waals surface area (Å²) in [5.74, 6) is -0.0285. The summed E-state index contributed by atoms with van der Waals surface area (Å²) in [6.07, 6.45) is -0.681. The van der Waals surface area contributed by atoms with Crippen molar-refractivity contribution < 1.29 is 23.9 Å². The fourth-order valence-electron chi connectivity index (χ4n) is 2.22. The molecule has 0 N–H and O–H groups in total. The van der Waals surface area contributed by atoms with Crippen molar-refractivity contribution in [2.45, 2.75) is 13.0 Å². The van der Waals surface area contributed by atoms with E-state index in [9.17, 15) is 14.9 Å². The molecular formula is C17H16ClNO6. The minimum atomic E-state index is -0.681. The Labute approximate surface area is 149 Å². The quantitative estimate of drug-likeness (QED) is 0.433. The number of esters is 1. The fourth-order valence-corrected chi connectivity index (χ4v) is 2.51. The van der Waals surface area contributed by atoms with E-state index in [0.29, 0.717) is 17.1 Å². The summed E-state index contributed by atoms with van der Waals surface area (Å²) in [4.78, 5) is 22.7. The van der Waals surface area contributed by atoms with Gasteiger partial charge >= 0.3 is 5.97 Å².